The Labute approximate surface area is 187 Å². The third-order valence-corrected chi connectivity index (χ3v) is 5.88. The van der Waals surface area contributed by atoms with Crippen molar-refractivity contribution in [3.8, 4) is 11.1 Å². The second-order valence-electron chi connectivity index (χ2n) is 7.36. The van der Waals surface area contributed by atoms with Crippen LogP contribution in [0.15, 0.2) is 36.4 Å². The van der Waals surface area contributed by atoms with Crippen LogP contribution in [-0.4, -0.2) is 42.6 Å². The van der Waals surface area contributed by atoms with Crippen molar-refractivity contribution in [2.75, 3.05) is 19.0 Å². The lowest BCUT2D eigenvalue weighted by molar-refractivity contribution is -0.125. The van der Waals surface area contributed by atoms with Gasteiger partial charge in [-0.2, -0.15) is 0 Å². The molecule has 0 atom stereocenters. The van der Waals surface area contributed by atoms with Crippen LogP contribution >= 0.6 is 11.3 Å². The van der Waals surface area contributed by atoms with Gasteiger partial charge < -0.3 is 15.4 Å². The number of carbonyl (C=O) groups excluding carboxylic acids is 3. The molecule has 0 saturated heterocycles. The Kier molecular flexibility index (Phi) is 6.31. The van der Waals surface area contributed by atoms with Crippen LogP contribution in [0.3, 0.4) is 0 Å². The Morgan fingerprint density at radius 1 is 1.16 bits per heavy atom. The molecule has 10 heteroatoms. The van der Waals surface area contributed by atoms with Crippen molar-refractivity contribution in [2.45, 2.75) is 25.3 Å². The second kappa shape index (κ2) is 9.31. The third-order valence-electron chi connectivity index (χ3n) is 4.86. The third kappa shape index (κ3) is 5.20. The molecule has 32 heavy (non-hydrogen) atoms. The number of aromatic nitrogens is 1. The van der Waals surface area contributed by atoms with Gasteiger partial charge in [0.1, 0.15) is 10.8 Å². The standard InChI is InChI=1S/C22H21FN4O4S/c1-31-22(30)27-16-5-3-2-4-13(16)14-8-18-17(9-15(14)23)26-21(32-18)10-19(28)24-11-20(29)25-12-6-7-12/h2-5,8-9,12H,6-7,10-11H2,1H3,(H,24,28)(H,25,29)(H,27,30). The van der Waals surface area contributed by atoms with Gasteiger partial charge in [0.25, 0.3) is 0 Å². The van der Waals surface area contributed by atoms with Crippen molar-refractivity contribution < 1.29 is 23.5 Å². The zero-order chi connectivity index (χ0) is 22.7. The topological polar surface area (TPSA) is 109 Å². The number of anilines is 1. The maximum atomic E-state index is 14.9. The molecule has 2 aromatic carbocycles. The van der Waals surface area contributed by atoms with Gasteiger partial charge >= 0.3 is 6.09 Å². The summed E-state index contributed by atoms with van der Waals surface area (Å²) in [6.45, 7) is -0.0804. The van der Waals surface area contributed by atoms with E-state index in [0.717, 1.165) is 12.8 Å². The fourth-order valence-corrected chi connectivity index (χ4v) is 4.14. The van der Waals surface area contributed by atoms with E-state index >= 15 is 0 Å². The number of amides is 3. The van der Waals surface area contributed by atoms with Crippen molar-refractivity contribution in [3.05, 3.63) is 47.2 Å². The SMILES string of the molecule is COC(=O)Nc1ccccc1-c1cc2sc(CC(=O)NCC(=O)NC3CC3)nc2cc1F. The number of thiazole rings is 1. The Morgan fingerprint density at radius 3 is 2.69 bits per heavy atom. The zero-order valence-corrected chi connectivity index (χ0v) is 18.1. The molecule has 1 aliphatic rings. The summed E-state index contributed by atoms with van der Waals surface area (Å²) in [6, 6.07) is 9.99. The first-order valence-corrected chi connectivity index (χ1v) is 10.8. The highest BCUT2D eigenvalue weighted by Crippen LogP contribution is 2.34. The first-order chi connectivity index (χ1) is 15.4. The summed E-state index contributed by atoms with van der Waals surface area (Å²) < 4.78 is 20.2. The minimum Gasteiger partial charge on any atom is -0.453 e. The van der Waals surface area contributed by atoms with Crippen LogP contribution in [0.5, 0.6) is 0 Å². The highest BCUT2D eigenvalue weighted by molar-refractivity contribution is 7.18. The molecule has 0 spiro atoms. The van der Waals surface area contributed by atoms with Crippen molar-refractivity contribution in [2.24, 2.45) is 0 Å². The Morgan fingerprint density at radius 2 is 1.94 bits per heavy atom. The molecule has 0 aliphatic heterocycles. The first kappa shape index (κ1) is 21.7. The maximum Gasteiger partial charge on any atom is 0.411 e. The molecule has 1 aromatic heterocycles. The van der Waals surface area contributed by atoms with Crippen molar-refractivity contribution in [1.29, 1.82) is 0 Å². The van der Waals surface area contributed by atoms with Crippen LogP contribution in [0, 0.1) is 5.82 Å². The van der Waals surface area contributed by atoms with E-state index in [1.54, 1.807) is 30.3 Å². The summed E-state index contributed by atoms with van der Waals surface area (Å²) >= 11 is 1.27. The molecule has 3 N–H and O–H groups in total. The van der Waals surface area contributed by atoms with Crippen LogP contribution in [0.1, 0.15) is 17.8 Å². The van der Waals surface area contributed by atoms with E-state index in [9.17, 15) is 18.8 Å². The molecule has 1 heterocycles. The predicted molar refractivity (Wildman–Crippen MR) is 119 cm³/mol. The van der Waals surface area contributed by atoms with Crippen molar-refractivity contribution in [1.82, 2.24) is 15.6 Å². The summed E-state index contributed by atoms with van der Waals surface area (Å²) in [5.74, 6) is -1.05. The molecule has 166 valence electrons. The molecular weight excluding hydrogens is 435 g/mol. The van der Waals surface area contributed by atoms with Crippen LogP contribution in [-0.2, 0) is 20.7 Å². The van der Waals surface area contributed by atoms with E-state index in [2.05, 4.69) is 25.7 Å². The van der Waals surface area contributed by atoms with E-state index in [4.69, 9.17) is 0 Å². The zero-order valence-electron chi connectivity index (χ0n) is 17.2. The van der Waals surface area contributed by atoms with E-state index in [0.29, 0.717) is 32.0 Å². The molecule has 1 aliphatic carbocycles. The number of rotatable bonds is 7. The monoisotopic (exact) mass is 456 g/mol. The maximum absolute atomic E-state index is 14.9. The molecule has 1 saturated carbocycles. The second-order valence-corrected chi connectivity index (χ2v) is 8.48. The van der Waals surface area contributed by atoms with Crippen molar-refractivity contribution in [3.63, 3.8) is 0 Å². The Bertz CT molecular complexity index is 1190. The van der Waals surface area contributed by atoms with Gasteiger partial charge in [-0.1, -0.05) is 18.2 Å². The Hall–Kier alpha value is -3.53. The number of fused-ring (bicyclic) bond motifs is 1. The number of nitrogens with zero attached hydrogens (tertiary/aromatic N) is 1. The summed E-state index contributed by atoms with van der Waals surface area (Å²) in [7, 11) is 1.25. The quantitative estimate of drug-likeness (QED) is 0.506. The minimum atomic E-state index is -0.657. The van der Waals surface area contributed by atoms with Gasteiger partial charge in [-0.05, 0) is 25.0 Å². The number of methoxy groups -OCH3 is 1. The average Bonchev–Trinajstić information content (AvgIpc) is 3.50. The molecule has 3 aromatic rings. The first-order valence-electron chi connectivity index (χ1n) is 10.0. The van der Waals surface area contributed by atoms with Gasteiger partial charge in [0.2, 0.25) is 11.8 Å². The lowest BCUT2D eigenvalue weighted by atomic mass is 10.0. The molecule has 0 unspecified atom stereocenters. The highest BCUT2D eigenvalue weighted by Gasteiger charge is 2.23. The van der Waals surface area contributed by atoms with E-state index < -0.39 is 11.9 Å². The number of carbonyl (C=O) groups is 3. The van der Waals surface area contributed by atoms with Crippen LogP contribution < -0.4 is 16.0 Å². The van der Waals surface area contributed by atoms with Crippen LogP contribution in [0.2, 0.25) is 0 Å². The number of para-hydroxylation sites is 1. The van der Waals surface area contributed by atoms with Gasteiger partial charge in [0, 0.05) is 23.2 Å². The van der Waals surface area contributed by atoms with Gasteiger partial charge in [-0.3, -0.25) is 14.9 Å². The molecule has 3 amide bonds. The molecule has 1 fully saturated rings. The summed E-state index contributed by atoms with van der Waals surface area (Å²) in [5, 5.41) is 8.47. The molecule has 0 radical (unpaired) electrons. The number of benzene rings is 2. The van der Waals surface area contributed by atoms with Gasteiger partial charge in [0.05, 0.1) is 36.0 Å². The molecule has 4 rings (SSSR count). The summed E-state index contributed by atoms with van der Waals surface area (Å²) in [5.41, 5.74) is 1.63. The van der Waals surface area contributed by atoms with Crippen LogP contribution in [0.4, 0.5) is 14.9 Å². The number of nitrogens with one attached hydrogen (secondary N) is 3. The molecular formula is C22H21FN4O4S. The summed E-state index contributed by atoms with van der Waals surface area (Å²) in [4.78, 5) is 39.8. The van der Waals surface area contributed by atoms with Crippen molar-refractivity contribution >= 4 is 45.1 Å². The van der Waals surface area contributed by atoms with Gasteiger partial charge in [-0.15, -0.1) is 11.3 Å². The Balaban J connectivity index is 1.50. The average molecular weight is 456 g/mol. The predicted octanol–water partition coefficient (Wildman–Crippen LogP) is 3.22. The number of ether oxygens (including phenoxy) is 1. The van der Waals surface area contributed by atoms with E-state index in [1.807, 2.05) is 0 Å². The minimum absolute atomic E-state index is 0.00646. The number of halogens is 1. The molecule has 8 nitrogen and oxygen atoms in total. The normalized spacial score (nSPS) is 12.9. The van der Waals surface area contributed by atoms with Crippen LogP contribution in [0.25, 0.3) is 21.3 Å². The largest absolute Gasteiger partial charge is 0.453 e. The fourth-order valence-electron chi connectivity index (χ4n) is 3.15. The van der Waals surface area contributed by atoms with Gasteiger partial charge in [0.15, 0.2) is 0 Å². The smallest absolute Gasteiger partial charge is 0.411 e. The van der Waals surface area contributed by atoms with Gasteiger partial charge in [-0.25, -0.2) is 14.2 Å². The number of hydrogen-bond donors (Lipinski definition) is 3. The fraction of sp³-hybridized carbons (Fsp3) is 0.273. The lowest BCUT2D eigenvalue weighted by Gasteiger charge is -2.11. The molecule has 0 bridgehead atoms. The highest BCUT2D eigenvalue weighted by atomic mass is 32.1. The lowest BCUT2D eigenvalue weighted by Crippen LogP contribution is -2.38. The summed E-state index contributed by atoms with van der Waals surface area (Å²) in [6.07, 6.45) is 1.30. The van der Waals surface area contributed by atoms with E-state index in [-0.39, 0.29) is 30.8 Å². The van der Waals surface area contributed by atoms with E-state index in [1.165, 1.54) is 24.5 Å². The number of hydrogen-bond acceptors (Lipinski definition) is 6.